The number of furan rings is 1. The molecule has 0 aliphatic rings. The van der Waals surface area contributed by atoms with Gasteiger partial charge in [0.1, 0.15) is 11.5 Å². The van der Waals surface area contributed by atoms with Gasteiger partial charge in [-0.05, 0) is 57.7 Å². The van der Waals surface area contributed by atoms with Gasteiger partial charge >= 0.3 is 0 Å². The van der Waals surface area contributed by atoms with Crippen LogP contribution in [0.1, 0.15) is 23.5 Å². The third-order valence-corrected chi connectivity index (χ3v) is 3.38. The molecule has 4 heteroatoms. The zero-order valence-corrected chi connectivity index (χ0v) is 13.2. The van der Waals surface area contributed by atoms with Crippen molar-refractivity contribution in [3.8, 4) is 0 Å². The average molecular weight is 287 g/mol. The van der Waals surface area contributed by atoms with Crippen LogP contribution in [0.3, 0.4) is 0 Å². The molecule has 0 aromatic carbocycles. The topological polar surface area (TPSA) is 32.5 Å². The van der Waals surface area contributed by atoms with Crippen LogP contribution in [0.25, 0.3) is 0 Å². The summed E-state index contributed by atoms with van der Waals surface area (Å²) < 4.78 is 5.71. The van der Waals surface area contributed by atoms with Crippen LogP contribution in [0.15, 0.2) is 41.1 Å². The minimum Gasteiger partial charge on any atom is -0.465 e. The summed E-state index contributed by atoms with van der Waals surface area (Å²) in [7, 11) is 4.22. The molecule has 2 rings (SSSR count). The second-order valence-corrected chi connectivity index (χ2v) is 5.74. The third kappa shape index (κ3) is 5.69. The molecule has 2 aromatic rings. The quantitative estimate of drug-likeness (QED) is 0.747. The fourth-order valence-electron chi connectivity index (χ4n) is 2.36. The molecule has 0 spiro atoms. The van der Waals surface area contributed by atoms with E-state index in [1.54, 1.807) is 0 Å². The Morgan fingerprint density at radius 3 is 2.57 bits per heavy atom. The third-order valence-electron chi connectivity index (χ3n) is 3.38. The Morgan fingerprint density at radius 2 is 1.95 bits per heavy atom. The summed E-state index contributed by atoms with van der Waals surface area (Å²) in [6, 6.07) is 8.21. The van der Waals surface area contributed by atoms with Gasteiger partial charge in [0.2, 0.25) is 0 Å². The minimum atomic E-state index is 0.843. The largest absolute Gasteiger partial charge is 0.465 e. The summed E-state index contributed by atoms with van der Waals surface area (Å²) in [6.45, 7) is 5.88. The summed E-state index contributed by atoms with van der Waals surface area (Å²) in [5.74, 6) is 2.00. The molecular formula is C17H25N3O. The maximum atomic E-state index is 5.71. The Labute approximate surface area is 127 Å². The predicted molar refractivity (Wildman–Crippen MR) is 85.0 cm³/mol. The molecule has 0 saturated carbocycles. The van der Waals surface area contributed by atoms with Gasteiger partial charge in [0, 0.05) is 25.5 Å². The average Bonchev–Trinajstić information content (AvgIpc) is 2.85. The first-order valence-electron chi connectivity index (χ1n) is 7.45. The molecule has 0 radical (unpaired) electrons. The zero-order chi connectivity index (χ0) is 15.1. The fourth-order valence-corrected chi connectivity index (χ4v) is 2.36. The molecule has 0 aliphatic carbocycles. The van der Waals surface area contributed by atoms with Crippen LogP contribution in [0.4, 0.5) is 0 Å². The van der Waals surface area contributed by atoms with Gasteiger partial charge in [0.25, 0.3) is 0 Å². The van der Waals surface area contributed by atoms with Gasteiger partial charge in [-0.3, -0.25) is 9.88 Å². The molecule has 0 amide bonds. The van der Waals surface area contributed by atoms with Crippen molar-refractivity contribution in [3.05, 3.63) is 53.7 Å². The van der Waals surface area contributed by atoms with E-state index in [0.717, 1.165) is 44.1 Å². The molecule has 0 aliphatic heterocycles. The minimum absolute atomic E-state index is 0.843. The molecule has 21 heavy (non-hydrogen) atoms. The van der Waals surface area contributed by atoms with E-state index >= 15 is 0 Å². The highest BCUT2D eigenvalue weighted by Crippen LogP contribution is 2.12. The number of hydrogen-bond donors (Lipinski definition) is 0. The first-order valence-corrected chi connectivity index (χ1v) is 7.45. The molecule has 0 saturated heterocycles. The second kappa shape index (κ2) is 7.96. The molecule has 0 fully saturated rings. The highest BCUT2D eigenvalue weighted by molar-refractivity contribution is 5.09. The summed E-state index contributed by atoms with van der Waals surface area (Å²) in [5.41, 5.74) is 1.24. The Balaban J connectivity index is 1.95. The maximum absolute atomic E-state index is 5.71. The predicted octanol–water partition coefficient (Wildman–Crippen LogP) is 2.94. The summed E-state index contributed by atoms with van der Waals surface area (Å²) in [5, 5.41) is 0. The fraction of sp³-hybridized carbons (Fsp3) is 0.471. The standard InChI is InChI=1S/C17H25N3O/c1-15-7-8-17(21-15)14-20(11-5-10-19(2)3)13-16-6-4-9-18-12-16/h4,6-9,12H,5,10-11,13-14H2,1-3H3. The van der Waals surface area contributed by atoms with E-state index in [2.05, 4.69) is 41.0 Å². The van der Waals surface area contributed by atoms with Crippen LogP contribution in [0, 0.1) is 6.92 Å². The van der Waals surface area contributed by atoms with E-state index in [1.165, 1.54) is 5.56 Å². The van der Waals surface area contributed by atoms with Crippen molar-refractivity contribution in [2.45, 2.75) is 26.4 Å². The second-order valence-electron chi connectivity index (χ2n) is 5.74. The van der Waals surface area contributed by atoms with Crippen LogP contribution in [-0.4, -0.2) is 42.0 Å². The van der Waals surface area contributed by atoms with Gasteiger partial charge in [-0.15, -0.1) is 0 Å². The number of aryl methyl sites for hydroxylation is 1. The highest BCUT2D eigenvalue weighted by Gasteiger charge is 2.10. The van der Waals surface area contributed by atoms with Crippen molar-refractivity contribution in [2.75, 3.05) is 27.2 Å². The molecule has 114 valence electrons. The molecule has 0 bridgehead atoms. The molecule has 0 N–H and O–H groups in total. The van der Waals surface area contributed by atoms with Crippen LogP contribution < -0.4 is 0 Å². The van der Waals surface area contributed by atoms with Crippen LogP contribution in [0.5, 0.6) is 0 Å². The lowest BCUT2D eigenvalue weighted by molar-refractivity contribution is 0.221. The van der Waals surface area contributed by atoms with Crippen molar-refractivity contribution in [2.24, 2.45) is 0 Å². The molecule has 2 heterocycles. The summed E-state index contributed by atoms with van der Waals surface area (Å²) in [4.78, 5) is 8.84. The maximum Gasteiger partial charge on any atom is 0.118 e. The van der Waals surface area contributed by atoms with Crippen molar-refractivity contribution in [1.29, 1.82) is 0 Å². The zero-order valence-electron chi connectivity index (χ0n) is 13.2. The molecule has 4 nitrogen and oxygen atoms in total. The smallest absolute Gasteiger partial charge is 0.118 e. The lowest BCUT2D eigenvalue weighted by Gasteiger charge is -2.22. The number of aromatic nitrogens is 1. The number of rotatable bonds is 8. The Bertz CT molecular complexity index is 522. The van der Waals surface area contributed by atoms with Gasteiger partial charge in [-0.25, -0.2) is 0 Å². The van der Waals surface area contributed by atoms with Gasteiger partial charge in [-0.2, -0.15) is 0 Å². The summed E-state index contributed by atoms with van der Waals surface area (Å²) in [6.07, 6.45) is 4.90. The monoisotopic (exact) mass is 287 g/mol. The normalized spacial score (nSPS) is 11.5. The Morgan fingerprint density at radius 1 is 1.10 bits per heavy atom. The number of nitrogens with zero attached hydrogens (tertiary/aromatic N) is 3. The van der Waals surface area contributed by atoms with Crippen molar-refractivity contribution < 1.29 is 4.42 Å². The van der Waals surface area contributed by atoms with Crippen LogP contribution in [-0.2, 0) is 13.1 Å². The first-order chi connectivity index (χ1) is 10.1. The number of pyridine rings is 1. The van der Waals surface area contributed by atoms with Crippen LogP contribution >= 0.6 is 0 Å². The molecular weight excluding hydrogens is 262 g/mol. The molecule has 2 aromatic heterocycles. The molecule has 0 unspecified atom stereocenters. The van der Waals surface area contributed by atoms with E-state index in [0.29, 0.717) is 0 Å². The number of hydrogen-bond acceptors (Lipinski definition) is 4. The first kappa shape index (κ1) is 15.7. The van der Waals surface area contributed by atoms with Crippen LogP contribution in [0.2, 0.25) is 0 Å². The van der Waals surface area contributed by atoms with Crippen molar-refractivity contribution in [3.63, 3.8) is 0 Å². The van der Waals surface area contributed by atoms with Gasteiger partial charge in [0.15, 0.2) is 0 Å². The van der Waals surface area contributed by atoms with E-state index in [1.807, 2.05) is 31.5 Å². The van der Waals surface area contributed by atoms with Gasteiger partial charge < -0.3 is 9.32 Å². The highest BCUT2D eigenvalue weighted by atomic mass is 16.3. The van der Waals surface area contributed by atoms with Crippen molar-refractivity contribution in [1.82, 2.24) is 14.8 Å². The van der Waals surface area contributed by atoms with Gasteiger partial charge in [0.05, 0.1) is 6.54 Å². The van der Waals surface area contributed by atoms with E-state index in [-0.39, 0.29) is 0 Å². The SMILES string of the molecule is Cc1ccc(CN(CCCN(C)C)Cc2cccnc2)o1. The van der Waals surface area contributed by atoms with E-state index < -0.39 is 0 Å². The Kier molecular flexibility index (Phi) is 5.96. The lowest BCUT2D eigenvalue weighted by Crippen LogP contribution is -2.26. The van der Waals surface area contributed by atoms with Gasteiger partial charge in [-0.1, -0.05) is 6.07 Å². The Hall–Kier alpha value is -1.65. The van der Waals surface area contributed by atoms with E-state index in [4.69, 9.17) is 4.42 Å². The molecule has 0 atom stereocenters. The summed E-state index contributed by atoms with van der Waals surface area (Å²) >= 11 is 0. The van der Waals surface area contributed by atoms with E-state index in [9.17, 15) is 0 Å². The van der Waals surface area contributed by atoms with Crippen molar-refractivity contribution >= 4 is 0 Å². The lowest BCUT2D eigenvalue weighted by atomic mass is 10.2.